The molecule has 0 aliphatic rings. The second-order valence-electron chi connectivity index (χ2n) is 3.54. The third-order valence-corrected chi connectivity index (χ3v) is 2.68. The van der Waals surface area contributed by atoms with Crippen LogP contribution in [0.5, 0.6) is 0 Å². The first-order valence-corrected chi connectivity index (χ1v) is 5.84. The maximum atomic E-state index is 12.9. The lowest BCUT2D eigenvalue weighted by molar-refractivity contribution is 0.628. The van der Waals surface area contributed by atoms with Crippen molar-refractivity contribution in [1.29, 1.82) is 0 Å². The number of rotatable bonds is 3. The number of anilines is 1. The normalized spacial score (nSPS) is 12.0. The Hall–Kier alpha value is -0.870. The van der Waals surface area contributed by atoms with Crippen molar-refractivity contribution in [3.8, 4) is 0 Å². The molecule has 88 valence electrons. The Morgan fingerprint density at radius 3 is 2.81 bits per heavy atom. The van der Waals surface area contributed by atoms with Gasteiger partial charge in [0.05, 0.1) is 5.02 Å². The van der Waals surface area contributed by atoms with Gasteiger partial charge >= 0.3 is 0 Å². The number of thiocarbonyl (C=S) groups is 1. The lowest BCUT2D eigenvalue weighted by Gasteiger charge is -2.15. The largest absolute Gasteiger partial charge is 0.360 e. The second-order valence-corrected chi connectivity index (χ2v) is 4.35. The van der Waals surface area contributed by atoms with Crippen molar-refractivity contribution in [2.24, 2.45) is 0 Å². The van der Waals surface area contributed by atoms with E-state index in [-0.39, 0.29) is 5.02 Å². The van der Waals surface area contributed by atoms with Gasteiger partial charge in [0.15, 0.2) is 5.11 Å². The summed E-state index contributed by atoms with van der Waals surface area (Å²) in [6.45, 7) is 4.10. The fourth-order valence-electron chi connectivity index (χ4n) is 1.07. The molecule has 0 radical (unpaired) electrons. The molecule has 16 heavy (non-hydrogen) atoms. The maximum Gasteiger partial charge on any atom is 0.170 e. The highest BCUT2D eigenvalue weighted by atomic mass is 35.5. The van der Waals surface area contributed by atoms with Gasteiger partial charge in [-0.15, -0.1) is 0 Å². The maximum absolute atomic E-state index is 12.9. The molecule has 0 aliphatic carbocycles. The van der Waals surface area contributed by atoms with Gasteiger partial charge in [0.1, 0.15) is 5.82 Å². The summed E-state index contributed by atoms with van der Waals surface area (Å²) in [6.07, 6.45) is 0.978. The third kappa shape index (κ3) is 3.94. The summed E-state index contributed by atoms with van der Waals surface area (Å²) in [7, 11) is 0. The number of benzene rings is 1. The van der Waals surface area contributed by atoms with Crippen molar-refractivity contribution in [3.05, 3.63) is 29.0 Å². The fraction of sp³-hybridized carbons (Fsp3) is 0.364. The minimum atomic E-state index is -0.437. The quantitative estimate of drug-likeness (QED) is 0.813. The van der Waals surface area contributed by atoms with Gasteiger partial charge < -0.3 is 10.6 Å². The first-order chi connectivity index (χ1) is 7.52. The van der Waals surface area contributed by atoms with Crippen LogP contribution in [0, 0.1) is 5.82 Å². The van der Waals surface area contributed by atoms with Crippen LogP contribution >= 0.6 is 23.8 Å². The van der Waals surface area contributed by atoms with E-state index in [1.54, 1.807) is 6.07 Å². The predicted molar refractivity (Wildman–Crippen MR) is 70.5 cm³/mol. The van der Waals surface area contributed by atoms with E-state index in [2.05, 4.69) is 17.6 Å². The fourth-order valence-corrected chi connectivity index (χ4v) is 1.57. The van der Waals surface area contributed by atoms with E-state index in [1.807, 2.05) is 6.92 Å². The van der Waals surface area contributed by atoms with E-state index in [4.69, 9.17) is 23.8 Å². The van der Waals surface area contributed by atoms with Gasteiger partial charge in [-0.1, -0.05) is 18.5 Å². The molecule has 0 aliphatic heterocycles. The monoisotopic (exact) mass is 260 g/mol. The zero-order valence-corrected chi connectivity index (χ0v) is 10.8. The number of nitrogens with one attached hydrogen (secondary N) is 2. The van der Waals surface area contributed by atoms with Gasteiger partial charge in [0.2, 0.25) is 0 Å². The molecule has 0 saturated carbocycles. The summed E-state index contributed by atoms with van der Waals surface area (Å²) < 4.78 is 12.9. The van der Waals surface area contributed by atoms with E-state index in [9.17, 15) is 4.39 Å². The molecule has 0 amide bonds. The van der Waals surface area contributed by atoms with Crippen LogP contribution in [0.4, 0.5) is 10.1 Å². The Labute approximate surface area is 105 Å². The molecule has 0 fully saturated rings. The van der Waals surface area contributed by atoms with Gasteiger partial charge in [-0.05, 0) is 43.8 Å². The minimum Gasteiger partial charge on any atom is -0.360 e. The first-order valence-electron chi connectivity index (χ1n) is 5.05. The minimum absolute atomic E-state index is 0.0799. The molecule has 1 aromatic rings. The summed E-state index contributed by atoms with van der Waals surface area (Å²) in [5, 5.41) is 6.63. The van der Waals surface area contributed by atoms with E-state index in [0.717, 1.165) is 6.42 Å². The third-order valence-electron chi connectivity index (χ3n) is 2.17. The summed E-state index contributed by atoms with van der Waals surface area (Å²) in [5.74, 6) is -0.437. The summed E-state index contributed by atoms with van der Waals surface area (Å²) in [4.78, 5) is 0. The van der Waals surface area contributed by atoms with Crippen molar-refractivity contribution < 1.29 is 4.39 Å². The number of hydrogen-bond acceptors (Lipinski definition) is 1. The second kappa shape index (κ2) is 6.01. The van der Waals surface area contributed by atoms with Gasteiger partial charge in [0.25, 0.3) is 0 Å². The molecule has 1 rings (SSSR count). The summed E-state index contributed by atoms with van der Waals surface area (Å²) >= 11 is 10.7. The Morgan fingerprint density at radius 2 is 2.25 bits per heavy atom. The molecule has 1 unspecified atom stereocenters. The van der Waals surface area contributed by atoms with Gasteiger partial charge in [-0.25, -0.2) is 4.39 Å². The first kappa shape index (κ1) is 13.2. The van der Waals surface area contributed by atoms with Crippen LogP contribution in [-0.4, -0.2) is 11.2 Å². The molecule has 5 heteroatoms. The molecule has 0 heterocycles. The van der Waals surface area contributed by atoms with Crippen LogP contribution in [-0.2, 0) is 0 Å². The Kier molecular flexibility index (Phi) is 4.96. The van der Waals surface area contributed by atoms with Crippen molar-refractivity contribution in [3.63, 3.8) is 0 Å². The Bertz CT molecular complexity index is 384. The van der Waals surface area contributed by atoms with Crippen molar-refractivity contribution in [2.75, 3.05) is 5.32 Å². The lowest BCUT2D eigenvalue weighted by Crippen LogP contribution is -2.35. The van der Waals surface area contributed by atoms with Crippen molar-refractivity contribution in [1.82, 2.24) is 5.32 Å². The highest BCUT2D eigenvalue weighted by molar-refractivity contribution is 7.80. The van der Waals surface area contributed by atoms with Crippen LogP contribution in [0.2, 0.25) is 5.02 Å². The zero-order valence-electron chi connectivity index (χ0n) is 9.18. The highest BCUT2D eigenvalue weighted by Crippen LogP contribution is 2.19. The predicted octanol–water partition coefficient (Wildman–Crippen LogP) is 3.56. The molecular weight excluding hydrogens is 247 g/mol. The van der Waals surface area contributed by atoms with Gasteiger partial charge in [-0.3, -0.25) is 0 Å². The molecule has 2 nitrogen and oxygen atoms in total. The van der Waals surface area contributed by atoms with E-state index in [0.29, 0.717) is 16.8 Å². The van der Waals surface area contributed by atoms with E-state index < -0.39 is 5.82 Å². The molecule has 1 aromatic carbocycles. The van der Waals surface area contributed by atoms with Crippen molar-refractivity contribution >= 4 is 34.6 Å². The molecule has 2 N–H and O–H groups in total. The van der Waals surface area contributed by atoms with Crippen LogP contribution in [0.15, 0.2) is 18.2 Å². The molecule has 0 bridgehead atoms. The molecular formula is C11H14ClFN2S. The molecule has 0 spiro atoms. The van der Waals surface area contributed by atoms with Crippen LogP contribution in [0.1, 0.15) is 20.3 Å². The highest BCUT2D eigenvalue weighted by Gasteiger charge is 2.04. The van der Waals surface area contributed by atoms with E-state index in [1.165, 1.54) is 12.1 Å². The van der Waals surface area contributed by atoms with Crippen LogP contribution in [0.25, 0.3) is 0 Å². The molecule has 0 saturated heterocycles. The summed E-state index contributed by atoms with van der Waals surface area (Å²) in [5.41, 5.74) is 0.673. The smallest absolute Gasteiger partial charge is 0.170 e. The number of halogens is 2. The Morgan fingerprint density at radius 1 is 1.56 bits per heavy atom. The molecule has 1 atom stereocenters. The van der Waals surface area contributed by atoms with Crippen LogP contribution in [0.3, 0.4) is 0 Å². The number of hydrogen-bond donors (Lipinski definition) is 2. The SMILES string of the molecule is CCC(C)NC(=S)Nc1ccc(F)c(Cl)c1. The lowest BCUT2D eigenvalue weighted by atomic mass is 10.3. The topological polar surface area (TPSA) is 24.1 Å². The average molecular weight is 261 g/mol. The van der Waals surface area contributed by atoms with Crippen molar-refractivity contribution in [2.45, 2.75) is 26.3 Å². The summed E-state index contributed by atoms with van der Waals surface area (Å²) in [6, 6.07) is 4.69. The average Bonchev–Trinajstić information content (AvgIpc) is 2.23. The zero-order chi connectivity index (χ0) is 12.1. The standard InChI is InChI=1S/C11H14ClFN2S/c1-3-7(2)14-11(16)15-8-4-5-10(13)9(12)6-8/h4-7H,3H2,1-2H3,(H2,14,15,16). The van der Waals surface area contributed by atoms with Gasteiger partial charge in [-0.2, -0.15) is 0 Å². The Balaban J connectivity index is 2.59. The molecule has 0 aromatic heterocycles. The van der Waals surface area contributed by atoms with Crippen LogP contribution < -0.4 is 10.6 Å². The van der Waals surface area contributed by atoms with E-state index >= 15 is 0 Å². The van der Waals surface area contributed by atoms with Gasteiger partial charge in [0, 0.05) is 11.7 Å².